The van der Waals surface area contributed by atoms with Gasteiger partial charge in [-0.15, -0.1) is 0 Å². The van der Waals surface area contributed by atoms with Crippen LogP contribution in [-0.4, -0.2) is 25.4 Å². The summed E-state index contributed by atoms with van der Waals surface area (Å²) in [6, 6.07) is 2.17. The molecule has 0 unspecified atom stereocenters. The van der Waals surface area contributed by atoms with Gasteiger partial charge in [-0.05, 0) is 69.3 Å². The lowest BCUT2D eigenvalue weighted by atomic mass is 9.91. The lowest BCUT2D eigenvalue weighted by molar-refractivity contribution is 0.301. The quantitative estimate of drug-likeness (QED) is 0.859. The highest BCUT2D eigenvalue weighted by Crippen LogP contribution is 2.31. The van der Waals surface area contributed by atoms with E-state index in [9.17, 15) is 9.59 Å². The molecule has 0 atom stereocenters. The minimum atomic E-state index is -0.0203. The Hall–Kier alpha value is -2.44. The Bertz CT molecular complexity index is 983. The molecule has 2 aromatic rings. The van der Waals surface area contributed by atoms with Gasteiger partial charge in [-0.25, -0.2) is 9.67 Å². The average Bonchev–Trinajstić information content (AvgIpc) is 3.40. The van der Waals surface area contributed by atoms with Crippen molar-refractivity contribution in [2.75, 3.05) is 5.32 Å². The van der Waals surface area contributed by atoms with Crippen LogP contribution in [0.2, 0.25) is 0 Å². The molecule has 0 amide bonds. The van der Waals surface area contributed by atoms with E-state index in [-0.39, 0.29) is 23.2 Å². The summed E-state index contributed by atoms with van der Waals surface area (Å²) in [5.41, 5.74) is 2.25. The van der Waals surface area contributed by atoms with Crippen LogP contribution in [0.5, 0.6) is 0 Å². The second-order valence-electron chi connectivity index (χ2n) is 8.58. The predicted molar refractivity (Wildman–Crippen MR) is 107 cm³/mol. The van der Waals surface area contributed by atoms with Gasteiger partial charge in [-0.2, -0.15) is 5.10 Å². The summed E-state index contributed by atoms with van der Waals surface area (Å²) in [6.45, 7) is 0.801. The van der Waals surface area contributed by atoms with Crippen molar-refractivity contribution in [1.82, 2.24) is 19.3 Å². The third-order valence-electron chi connectivity index (χ3n) is 6.43. The number of nitrogens with one attached hydrogen (secondary N) is 1. The first kappa shape index (κ1) is 17.6. The predicted octanol–water partition coefficient (Wildman–Crippen LogP) is 2.29. The summed E-state index contributed by atoms with van der Waals surface area (Å²) in [4.78, 5) is 29.4. The van der Waals surface area contributed by atoms with Crippen LogP contribution in [-0.2, 0) is 19.4 Å². The molecule has 2 aromatic heterocycles. The number of fused-ring (bicyclic) bond motifs is 1. The number of anilines is 1. The first-order valence-corrected chi connectivity index (χ1v) is 10.6. The van der Waals surface area contributed by atoms with Crippen LogP contribution >= 0.6 is 0 Å². The van der Waals surface area contributed by atoms with E-state index in [1.165, 1.54) is 12.8 Å². The van der Waals surface area contributed by atoms with Crippen molar-refractivity contribution in [3.05, 3.63) is 50.4 Å². The fourth-order valence-electron chi connectivity index (χ4n) is 4.60. The summed E-state index contributed by atoms with van der Waals surface area (Å²) >= 11 is 0. The SMILES string of the molecule is O=c1c(NC2CCC(n3nc4c(cc3=O)CCC4)CC2)nccn1CC1CC1. The van der Waals surface area contributed by atoms with Crippen molar-refractivity contribution < 1.29 is 0 Å². The molecule has 3 aliphatic carbocycles. The molecule has 2 saturated carbocycles. The number of aryl methyl sites for hydroxylation is 2. The van der Waals surface area contributed by atoms with Crippen LogP contribution in [0.3, 0.4) is 0 Å². The summed E-state index contributed by atoms with van der Waals surface area (Å²) in [7, 11) is 0. The Kier molecular flexibility index (Phi) is 4.53. The Morgan fingerprint density at radius 2 is 1.89 bits per heavy atom. The largest absolute Gasteiger partial charge is 0.363 e. The molecule has 5 rings (SSSR count). The maximum Gasteiger partial charge on any atom is 0.293 e. The highest BCUT2D eigenvalue weighted by atomic mass is 16.1. The molecule has 148 valence electrons. The van der Waals surface area contributed by atoms with Crippen molar-refractivity contribution in [2.24, 2.45) is 5.92 Å². The average molecular weight is 381 g/mol. The molecular formula is C21H27N5O2. The highest BCUT2D eigenvalue weighted by molar-refractivity contribution is 5.32. The van der Waals surface area contributed by atoms with Crippen molar-refractivity contribution >= 4 is 5.82 Å². The number of aromatic nitrogens is 4. The zero-order chi connectivity index (χ0) is 19.1. The van der Waals surface area contributed by atoms with Gasteiger partial charge in [0.15, 0.2) is 5.82 Å². The molecule has 2 fully saturated rings. The number of hydrogen-bond acceptors (Lipinski definition) is 5. The number of nitrogens with zero attached hydrogens (tertiary/aromatic N) is 4. The topological polar surface area (TPSA) is 81.8 Å². The number of hydrogen-bond donors (Lipinski definition) is 1. The second-order valence-corrected chi connectivity index (χ2v) is 8.58. The van der Waals surface area contributed by atoms with E-state index in [0.717, 1.165) is 62.7 Å². The minimum Gasteiger partial charge on any atom is -0.363 e. The van der Waals surface area contributed by atoms with E-state index in [2.05, 4.69) is 15.4 Å². The van der Waals surface area contributed by atoms with Crippen molar-refractivity contribution in [1.29, 1.82) is 0 Å². The molecule has 0 saturated heterocycles. The zero-order valence-electron chi connectivity index (χ0n) is 16.1. The molecule has 0 bridgehead atoms. The first-order valence-electron chi connectivity index (χ1n) is 10.6. The van der Waals surface area contributed by atoms with Crippen LogP contribution < -0.4 is 16.4 Å². The van der Waals surface area contributed by atoms with E-state index >= 15 is 0 Å². The summed E-state index contributed by atoms with van der Waals surface area (Å²) in [5, 5.41) is 8.02. The van der Waals surface area contributed by atoms with Gasteiger partial charge in [-0.1, -0.05) is 0 Å². The molecule has 0 spiro atoms. The Balaban J connectivity index is 1.24. The monoisotopic (exact) mass is 381 g/mol. The molecule has 7 heteroatoms. The van der Waals surface area contributed by atoms with Crippen LogP contribution in [0.1, 0.15) is 62.2 Å². The lowest BCUT2D eigenvalue weighted by Gasteiger charge is -2.30. The van der Waals surface area contributed by atoms with E-state index < -0.39 is 0 Å². The standard InChI is InChI=1S/C21H27N5O2/c27-19-12-15-2-1-3-18(15)24-26(19)17-8-6-16(7-9-17)23-20-21(28)25(11-10-22-20)13-14-4-5-14/h10-12,14,16-17H,1-9,13H2,(H,22,23). The van der Waals surface area contributed by atoms with Crippen molar-refractivity contribution in [3.8, 4) is 0 Å². The van der Waals surface area contributed by atoms with Crippen LogP contribution in [0, 0.1) is 5.92 Å². The smallest absolute Gasteiger partial charge is 0.293 e. The van der Waals surface area contributed by atoms with E-state index in [4.69, 9.17) is 0 Å². The molecule has 7 nitrogen and oxygen atoms in total. The lowest BCUT2D eigenvalue weighted by Crippen LogP contribution is -2.35. The maximum absolute atomic E-state index is 12.6. The number of rotatable bonds is 5. The second kappa shape index (κ2) is 7.18. The van der Waals surface area contributed by atoms with Crippen molar-refractivity contribution in [2.45, 2.75) is 76.4 Å². The van der Waals surface area contributed by atoms with E-state index in [0.29, 0.717) is 11.7 Å². The minimum absolute atomic E-state index is 0.0203. The molecule has 0 aliphatic heterocycles. The Morgan fingerprint density at radius 3 is 2.68 bits per heavy atom. The van der Waals surface area contributed by atoms with Crippen molar-refractivity contribution in [3.63, 3.8) is 0 Å². The molecule has 0 aromatic carbocycles. The first-order chi connectivity index (χ1) is 13.7. The van der Waals surface area contributed by atoms with E-state index in [1.807, 2.05) is 0 Å². The third-order valence-corrected chi connectivity index (χ3v) is 6.43. The van der Waals surface area contributed by atoms with E-state index in [1.54, 1.807) is 27.7 Å². The van der Waals surface area contributed by atoms with Gasteiger partial charge in [0.05, 0.1) is 11.7 Å². The zero-order valence-corrected chi connectivity index (χ0v) is 16.1. The summed E-state index contributed by atoms with van der Waals surface area (Å²) in [6.07, 6.45) is 12.6. The van der Waals surface area contributed by atoms with Gasteiger partial charge >= 0.3 is 0 Å². The molecule has 0 radical (unpaired) electrons. The molecule has 1 N–H and O–H groups in total. The molecule has 2 heterocycles. The van der Waals surface area contributed by atoms with Crippen LogP contribution in [0.25, 0.3) is 0 Å². The van der Waals surface area contributed by atoms with Crippen LogP contribution in [0.15, 0.2) is 28.0 Å². The summed E-state index contributed by atoms with van der Waals surface area (Å²) in [5.74, 6) is 1.11. The summed E-state index contributed by atoms with van der Waals surface area (Å²) < 4.78 is 3.50. The van der Waals surface area contributed by atoms with Gasteiger partial charge in [0.25, 0.3) is 11.1 Å². The van der Waals surface area contributed by atoms with Gasteiger partial charge < -0.3 is 9.88 Å². The Labute approximate surface area is 163 Å². The highest BCUT2D eigenvalue weighted by Gasteiger charge is 2.27. The van der Waals surface area contributed by atoms with Gasteiger partial charge in [-0.3, -0.25) is 9.59 Å². The van der Waals surface area contributed by atoms with Gasteiger partial charge in [0, 0.05) is 31.0 Å². The fraction of sp³-hybridized carbons (Fsp3) is 0.619. The van der Waals surface area contributed by atoms with Gasteiger partial charge in [0.1, 0.15) is 0 Å². The molecule has 3 aliphatic rings. The fourth-order valence-corrected chi connectivity index (χ4v) is 4.60. The molecule has 28 heavy (non-hydrogen) atoms. The normalized spacial score (nSPS) is 24.1. The van der Waals surface area contributed by atoms with Crippen LogP contribution in [0.4, 0.5) is 5.82 Å². The molecular weight excluding hydrogens is 354 g/mol. The van der Waals surface area contributed by atoms with Gasteiger partial charge in [0.2, 0.25) is 0 Å². The maximum atomic E-state index is 12.6. The Morgan fingerprint density at radius 1 is 1.07 bits per heavy atom. The third kappa shape index (κ3) is 3.50.